The number of hydrogen-bond acceptors (Lipinski definition) is 3. The highest BCUT2D eigenvalue weighted by molar-refractivity contribution is 5.84. The number of hydrogen-bond donors (Lipinski definition) is 3. The normalized spacial score (nSPS) is 18.7. The lowest BCUT2D eigenvalue weighted by molar-refractivity contribution is -0.145. The van der Waals surface area contributed by atoms with Gasteiger partial charge in [-0.15, -0.1) is 0 Å². The van der Waals surface area contributed by atoms with Crippen molar-refractivity contribution in [3.8, 4) is 0 Å². The van der Waals surface area contributed by atoms with E-state index in [1.807, 2.05) is 0 Å². The van der Waals surface area contributed by atoms with Crippen molar-refractivity contribution in [3.05, 3.63) is 0 Å². The molecule has 3 N–H and O–H groups in total. The summed E-state index contributed by atoms with van der Waals surface area (Å²) in [5.74, 6) is -0.796. The summed E-state index contributed by atoms with van der Waals surface area (Å²) >= 11 is 0. The molecular weight excluding hydrogens is 208 g/mol. The maximum atomic E-state index is 11.6. The summed E-state index contributed by atoms with van der Waals surface area (Å²) in [6.07, 6.45) is 0.410. The molecule has 0 aromatic heterocycles. The molecule has 0 bridgehead atoms. The van der Waals surface area contributed by atoms with Gasteiger partial charge in [0, 0.05) is 6.42 Å². The SMILES string of the molecule is CC(C)(C)C(NC(=O)CC1CNC1)C(=O)O. The minimum Gasteiger partial charge on any atom is -0.480 e. The molecule has 1 atom stereocenters. The van der Waals surface area contributed by atoms with Gasteiger partial charge in [0.05, 0.1) is 0 Å². The maximum Gasteiger partial charge on any atom is 0.326 e. The number of rotatable bonds is 4. The van der Waals surface area contributed by atoms with Crippen molar-refractivity contribution < 1.29 is 14.7 Å². The lowest BCUT2D eigenvalue weighted by atomic mass is 9.86. The molecule has 5 heteroatoms. The first kappa shape index (κ1) is 13.0. The third-order valence-electron chi connectivity index (χ3n) is 2.76. The summed E-state index contributed by atoms with van der Waals surface area (Å²) in [5, 5.41) is 14.7. The quantitative estimate of drug-likeness (QED) is 0.643. The fourth-order valence-corrected chi connectivity index (χ4v) is 1.62. The zero-order chi connectivity index (χ0) is 12.3. The summed E-state index contributed by atoms with van der Waals surface area (Å²) in [4.78, 5) is 22.6. The predicted octanol–water partition coefficient (Wildman–Crippen LogP) is 0.211. The highest BCUT2D eigenvalue weighted by Gasteiger charge is 2.33. The largest absolute Gasteiger partial charge is 0.480 e. The van der Waals surface area contributed by atoms with Crippen LogP contribution < -0.4 is 10.6 Å². The van der Waals surface area contributed by atoms with E-state index < -0.39 is 17.4 Å². The van der Waals surface area contributed by atoms with Crippen LogP contribution >= 0.6 is 0 Å². The lowest BCUT2D eigenvalue weighted by Crippen LogP contribution is -2.51. The van der Waals surface area contributed by atoms with Gasteiger partial charge in [-0.2, -0.15) is 0 Å². The van der Waals surface area contributed by atoms with Crippen LogP contribution in [0.25, 0.3) is 0 Å². The van der Waals surface area contributed by atoms with Crippen LogP contribution in [0.5, 0.6) is 0 Å². The molecule has 16 heavy (non-hydrogen) atoms. The summed E-state index contributed by atoms with van der Waals surface area (Å²) in [5.41, 5.74) is -0.473. The Kier molecular flexibility index (Phi) is 3.91. The third kappa shape index (κ3) is 3.48. The molecule has 0 spiro atoms. The first-order chi connectivity index (χ1) is 7.30. The molecule has 0 aromatic rings. The molecule has 1 unspecified atom stereocenters. The van der Waals surface area contributed by atoms with Gasteiger partial charge < -0.3 is 15.7 Å². The Morgan fingerprint density at radius 1 is 1.44 bits per heavy atom. The third-order valence-corrected chi connectivity index (χ3v) is 2.76. The first-order valence-electron chi connectivity index (χ1n) is 5.53. The van der Waals surface area contributed by atoms with Gasteiger partial charge in [0.2, 0.25) is 5.91 Å². The van der Waals surface area contributed by atoms with Crippen molar-refractivity contribution in [3.63, 3.8) is 0 Å². The minimum absolute atomic E-state index is 0.172. The van der Waals surface area contributed by atoms with Crippen LogP contribution in [-0.4, -0.2) is 36.1 Å². The molecule has 1 fully saturated rings. The van der Waals surface area contributed by atoms with Crippen molar-refractivity contribution in [2.24, 2.45) is 11.3 Å². The molecule has 1 heterocycles. The van der Waals surface area contributed by atoms with E-state index in [0.29, 0.717) is 12.3 Å². The van der Waals surface area contributed by atoms with Crippen LogP contribution in [-0.2, 0) is 9.59 Å². The Balaban J connectivity index is 2.47. The maximum absolute atomic E-state index is 11.6. The van der Waals surface area contributed by atoms with Gasteiger partial charge >= 0.3 is 5.97 Å². The van der Waals surface area contributed by atoms with Crippen molar-refractivity contribution in [2.75, 3.05) is 13.1 Å². The zero-order valence-electron chi connectivity index (χ0n) is 10.0. The van der Waals surface area contributed by atoms with Crippen LogP contribution in [0, 0.1) is 11.3 Å². The smallest absolute Gasteiger partial charge is 0.326 e. The molecule has 5 nitrogen and oxygen atoms in total. The average Bonchev–Trinajstić information content (AvgIpc) is 2.05. The van der Waals surface area contributed by atoms with Crippen LogP contribution in [0.2, 0.25) is 0 Å². The van der Waals surface area contributed by atoms with Crippen molar-refractivity contribution in [2.45, 2.75) is 33.2 Å². The minimum atomic E-state index is -0.979. The van der Waals surface area contributed by atoms with E-state index in [9.17, 15) is 9.59 Å². The summed E-state index contributed by atoms with van der Waals surface area (Å²) < 4.78 is 0. The number of carboxylic acids is 1. The Morgan fingerprint density at radius 2 is 2.00 bits per heavy atom. The van der Waals surface area contributed by atoms with Gasteiger partial charge in [0.15, 0.2) is 0 Å². The predicted molar refractivity (Wildman–Crippen MR) is 60.0 cm³/mol. The molecule has 0 radical (unpaired) electrons. The van der Waals surface area contributed by atoms with Crippen LogP contribution in [0.3, 0.4) is 0 Å². The average molecular weight is 228 g/mol. The molecule has 1 saturated heterocycles. The molecule has 0 saturated carbocycles. The second-order valence-corrected chi connectivity index (χ2v) is 5.43. The van der Waals surface area contributed by atoms with Crippen LogP contribution in [0.1, 0.15) is 27.2 Å². The number of amides is 1. The van der Waals surface area contributed by atoms with Gasteiger partial charge in [-0.05, 0) is 24.4 Å². The van der Waals surface area contributed by atoms with E-state index >= 15 is 0 Å². The standard InChI is InChI=1S/C11H20N2O3/c1-11(2,3)9(10(15)16)13-8(14)4-7-5-12-6-7/h7,9,12H,4-6H2,1-3H3,(H,13,14)(H,15,16). The number of carbonyl (C=O) groups is 2. The Labute approximate surface area is 95.6 Å². The first-order valence-corrected chi connectivity index (χ1v) is 5.53. The van der Waals surface area contributed by atoms with Crippen molar-refractivity contribution >= 4 is 11.9 Å². The Bertz CT molecular complexity index is 279. The van der Waals surface area contributed by atoms with E-state index in [2.05, 4.69) is 10.6 Å². The summed E-state index contributed by atoms with van der Waals surface area (Å²) in [6, 6.07) is -0.826. The topological polar surface area (TPSA) is 78.4 Å². The highest BCUT2D eigenvalue weighted by Crippen LogP contribution is 2.20. The fraction of sp³-hybridized carbons (Fsp3) is 0.818. The molecule has 0 aliphatic carbocycles. The zero-order valence-corrected chi connectivity index (χ0v) is 10.0. The molecule has 1 amide bonds. The summed E-state index contributed by atoms with van der Waals surface area (Å²) in [7, 11) is 0. The van der Waals surface area contributed by atoms with Gasteiger partial charge in [-0.1, -0.05) is 20.8 Å². The van der Waals surface area contributed by atoms with E-state index in [4.69, 9.17) is 5.11 Å². The molecule has 1 aliphatic heterocycles. The van der Waals surface area contributed by atoms with Crippen LogP contribution in [0.15, 0.2) is 0 Å². The Morgan fingerprint density at radius 3 is 2.31 bits per heavy atom. The van der Waals surface area contributed by atoms with E-state index in [0.717, 1.165) is 13.1 Å². The van der Waals surface area contributed by atoms with E-state index in [-0.39, 0.29) is 5.91 Å². The monoisotopic (exact) mass is 228 g/mol. The van der Waals surface area contributed by atoms with Gasteiger partial charge in [0.1, 0.15) is 6.04 Å². The molecule has 0 aromatic carbocycles. The van der Waals surface area contributed by atoms with Crippen molar-refractivity contribution in [1.82, 2.24) is 10.6 Å². The lowest BCUT2D eigenvalue weighted by Gasteiger charge is -2.30. The second-order valence-electron chi connectivity index (χ2n) is 5.43. The van der Waals surface area contributed by atoms with Crippen molar-refractivity contribution in [1.29, 1.82) is 0 Å². The molecule has 1 aliphatic rings. The Hall–Kier alpha value is -1.10. The molecule has 1 rings (SSSR count). The number of aliphatic carboxylic acids is 1. The number of carbonyl (C=O) groups excluding carboxylic acids is 1. The number of carboxylic acid groups (broad SMARTS) is 1. The molecular formula is C11H20N2O3. The number of nitrogens with one attached hydrogen (secondary N) is 2. The van der Waals surface area contributed by atoms with Gasteiger partial charge in [0.25, 0.3) is 0 Å². The van der Waals surface area contributed by atoms with E-state index in [1.165, 1.54) is 0 Å². The van der Waals surface area contributed by atoms with Gasteiger partial charge in [-0.3, -0.25) is 4.79 Å². The van der Waals surface area contributed by atoms with Crippen LogP contribution in [0.4, 0.5) is 0 Å². The van der Waals surface area contributed by atoms with Gasteiger partial charge in [-0.25, -0.2) is 4.79 Å². The second kappa shape index (κ2) is 4.82. The molecule has 92 valence electrons. The summed E-state index contributed by atoms with van der Waals surface area (Å²) in [6.45, 7) is 7.10. The highest BCUT2D eigenvalue weighted by atomic mass is 16.4. The van der Waals surface area contributed by atoms with E-state index in [1.54, 1.807) is 20.8 Å². The fourth-order valence-electron chi connectivity index (χ4n) is 1.62.